The predicted octanol–water partition coefficient (Wildman–Crippen LogP) is 5.09. The Morgan fingerprint density at radius 1 is 1.05 bits per heavy atom. The smallest absolute Gasteiger partial charge is 0.254 e. The number of halogens is 4. The Hall–Kier alpha value is -3.01. The number of hydrogen-bond donors (Lipinski definition) is 1. The topological polar surface area (TPSA) is 95.0 Å². The van der Waals surface area contributed by atoms with Crippen LogP contribution < -0.4 is 4.90 Å². The van der Waals surface area contributed by atoms with Crippen LogP contribution in [0.1, 0.15) is 29.9 Å². The monoisotopic (exact) mass is 646 g/mol. The van der Waals surface area contributed by atoms with Crippen molar-refractivity contribution in [2.45, 2.75) is 28.5 Å². The number of allylic oxidation sites excluding steroid dienone is 2. The molecule has 0 aromatic heterocycles. The van der Waals surface area contributed by atoms with Crippen LogP contribution in [0.15, 0.2) is 60.7 Å². The van der Waals surface area contributed by atoms with Gasteiger partial charge in [0, 0.05) is 11.5 Å². The second-order valence-corrected chi connectivity index (χ2v) is 12.2. The number of alkyl halides is 3. The Labute approximate surface area is 247 Å². The van der Waals surface area contributed by atoms with E-state index in [1.807, 2.05) is 0 Å². The molecule has 2 aromatic rings. The van der Waals surface area contributed by atoms with E-state index in [-0.39, 0.29) is 29.8 Å². The van der Waals surface area contributed by atoms with Crippen LogP contribution in [0.2, 0.25) is 0 Å². The highest BCUT2D eigenvalue weighted by Gasteiger charge is 2.76. The van der Waals surface area contributed by atoms with Crippen LogP contribution in [0.25, 0.3) is 6.08 Å². The van der Waals surface area contributed by atoms with Crippen molar-refractivity contribution in [1.29, 1.82) is 0 Å². The molecule has 0 spiro atoms. The zero-order valence-corrected chi connectivity index (χ0v) is 23.9. The number of phenolic OH excluding ortho intramolecular Hbond substituents is 1. The molecule has 2 aliphatic heterocycles. The summed E-state index contributed by atoms with van der Waals surface area (Å²) in [7, 11) is 0. The van der Waals surface area contributed by atoms with Crippen molar-refractivity contribution in [1.82, 2.24) is 4.90 Å². The molecular formula is C29H22BrCl2FN2O5. The minimum absolute atomic E-state index is 0.0272. The maximum atomic E-state index is 14.6. The van der Waals surface area contributed by atoms with Gasteiger partial charge in [0.05, 0.1) is 23.0 Å². The Kier molecular flexibility index (Phi) is 6.29. The second kappa shape index (κ2) is 9.26. The molecule has 3 fully saturated rings. The van der Waals surface area contributed by atoms with Crippen molar-refractivity contribution >= 4 is 74.5 Å². The number of para-hydroxylation sites is 1. The fourth-order valence-electron chi connectivity index (χ4n) is 6.88. The first-order valence-corrected chi connectivity index (χ1v) is 14.5. The third-order valence-electron chi connectivity index (χ3n) is 8.73. The minimum atomic E-state index is -2.12. The van der Waals surface area contributed by atoms with Gasteiger partial charge in [-0.15, -0.1) is 23.2 Å². The van der Waals surface area contributed by atoms with Gasteiger partial charge in [0.1, 0.15) is 0 Å². The van der Waals surface area contributed by atoms with E-state index in [0.717, 1.165) is 21.4 Å². The van der Waals surface area contributed by atoms with E-state index in [4.69, 9.17) is 23.2 Å². The lowest BCUT2D eigenvalue weighted by atomic mass is 9.56. The maximum Gasteiger partial charge on any atom is 0.254 e. The normalized spacial score (nSPS) is 33.0. The van der Waals surface area contributed by atoms with E-state index in [2.05, 4.69) is 22.5 Å². The highest BCUT2D eigenvalue weighted by atomic mass is 79.9. The number of amides is 4. The Morgan fingerprint density at radius 2 is 1.75 bits per heavy atom. The molecule has 1 N–H and O–H groups in total. The number of hydrogen-bond acceptors (Lipinski definition) is 5. The summed E-state index contributed by atoms with van der Waals surface area (Å²) in [6.07, 6.45) is 3.33. The molecule has 0 radical (unpaired) electrons. The van der Waals surface area contributed by atoms with Gasteiger partial charge in [-0.3, -0.25) is 29.0 Å². The number of imide groups is 2. The van der Waals surface area contributed by atoms with Gasteiger partial charge in [-0.2, -0.15) is 0 Å². The standard InChI is InChI=1S/C29H22BrCl2FN2O5/c1-2-14-6-8-15(9-7-14)35-24(37)17-11-10-16-19(21(17)25(35)38)12-28(31)26(39)34(13-30)27(40)29(28,32)22(16)18-4-3-5-20(33)23(18)36/h2-10,17,19,21-22,36H,1,11-13H2. The quantitative estimate of drug-likeness (QED) is 0.216. The number of nitrogens with zero attached hydrogens (tertiary/aromatic N) is 2. The first-order valence-electron chi connectivity index (χ1n) is 12.6. The SMILES string of the molecule is C=Cc1ccc(N2C(=O)C3CC=C4C(CC5(Cl)C(=O)N(CBr)C(=O)C5(Cl)C4c4cccc(F)c4O)C3C2=O)cc1. The van der Waals surface area contributed by atoms with E-state index >= 15 is 0 Å². The lowest BCUT2D eigenvalue weighted by Gasteiger charge is -2.50. The third-order valence-corrected chi connectivity index (χ3v) is 10.6. The van der Waals surface area contributed by atoms with Crippen molar-refractivity contribution in [3.05, 3.63) is 77.6 Å². The first-order chi connectivity index (χ1) is 19.0. The van der Waals surface area contributed by atoms with Crippen LogP contribution in [0.4, 0.5) is 10.1 Å². The molecule has 11 heteroatoms. The molecule has 2 aliphatic carbocycles. The molecule has 4 aliphatic rings. The van der Waals surface area contributed by atoms with Crippen LogP contribution in [-0.2, 0) is 19.2 Å². The Morgan fingerprint density at radius 3 is 2.40 bits per heavy atom. The number of carbonyl (C=O) groups is 4. The highest BCUT2D eigenvalue weighted by molar-refractivity contribution is 9.09. The summed E-state index contributed by atoms with van der Waals surface area (Å²) in [5.41, 5.74) is 1.47. The van der Waals surface area contributed by atoms with Gasteiger partial charge in [-0.25, -0.2) is 4.39 Å². The second-order valence-electron chi connectivity index (χ2n) is 10.5. The molecule has 1 saturated carbocycles. The van der Waals surface area contributed by atoms with Gasteiger partial charge in [-0.05, 0) is 42.5 Å². The van der Waals surface area contributed by atoms with E-state index in [1.54, 1.807) is 36.4 Å². The van der Waals surface area contributed by atoms with E-state index in [0.29, 0.717) is 11.3 Å². The lowest BCUT2D eigenvalue weighted by Crippen LogP contribution is -2.60. The summed E-state index contributed by atoms with van der Waals surface area (Å²) >= 11 is 17.3. The molecule has 2 aromatic carbocycles. The summed E-state index contributed by atoms with van der Waals surface area (Å²) in [5, 5.41) is 10.8. The van der Waals surface area contributed by atoms with Crippen LogP contribution in [0, 0.1) is 23.6 Å². The van der Waals surface area contributed by atoms with Crippen molar-refractivity contribution in [3.8, 4) is 5.75 Å². The molecule has 4 amide bonds. The average Bonchev–Trinajstić information content (AvgIpc) is 3.28. The largest absolute Gasteiger partial charge is 0.505 e. The fraction of sp³-hybridized carbons (Fsp3) is 0.310. The molecule has 40 heavy (non-hydrogen) atoms. The predicted molar refractivity (Wildman–Crippen MR) is 150 cm³/mol. The molecule has 2 heterocycles. The number of benzene rings is 2. The number of anilines is 1. The number of likely N-dealkylation sites (tertiary alicyclic amines) is 1. The van der Waals surface area contributed by atoms with Gasteiger partial charge in [0.15, 0.2) is 21.3 Å². The number of rotatable bonds is 4. The number of aromatic hydroxyl groups is 1. The summed E-state index contributed by atoms with van der Waals surface area (Å²) in [5.74, 6) is -7.73. The Balaban J connectivity index is 1.52. The van der Waals surface area contributed by atoms with E-state index in [9.17, 15) is 28.7 Å². The molecule has 7 nitrogen and oxygen atoms in total. The average molecular weight is 648 g/mol. The number of fused-ring (bicyclic) bond motifs is 4. The maximum absolute atomic E-state index is 14.6. The summed E-state index contributed by atoms with van der Waals surface area (Å²) in [6.45, 7) is 3.72. The summed E-state index contributed by atoms with van der Waals surface area (Å²) < 4.78 is 14.6. The van der Waals surface area contributed by atoms with Crippen LogP contribution in [0.5, 0.6) is 5.75 Å². The van der Waals surface area contributed by atoms with Crippen LogP contribution in [0.3, 0.4) is 0 Å². The zero-order chi connectivity index (χ0) is 28.7. The molecule has 2 saturated heterocycles. The summed E-state index contributed by atoms with van der Waals surface area (Å²) in [6, 6.07) is 10.6. The Bertz CT molecular complexity index is 1550. The van der Waals surface area contributed by atoms with Gasteiger partial charge >= 0.3 is 0 Å². The number of phenols is 1. The molecule has 206 valence electrons. The molecular weight excluding hydrogens is 626 g/mol. The minimum Gasteiger partial charge on any atom is -0.505 e. The first kappa shape index (κ1) is 27.2. The van der Waals surface area contributed by atoms with Crippen molar-refractivity contribution in [2.24, 2.45) is 17.8 Å². The zero-order valence-electron chi connectivity index (χ0n) is 20.8. The molecule has 6 unspecified atom stereocenters. The van der Waals surface area contributed by atoms with Gasteiger partial charge in [0.25, 0.3) is 11.8 Å². The third kappa shape index (κ3) is 3.34. The van der Waals surface area contributed by atoms with Gasteiger partial charge in [-0.1, -0.05) is 64.5 Å². The molecule has 6 atom stereocenters. The van der Waals surface area contributed by atoms with Crippen LogP contribution in [-0.4, -0.2) is 48.8 Å². The molecule has 0 bridgehead atoms. The van der Waals surface area contributed by atoms with Gasteiger partial charge in [0.2, 0.25) is 11.8 Å². The van der Waals surface area contributed by atoms with Crippen molar-refractivity contribution < 1.29 is 28.7 Å². The number of carbonyl (C=O) groups excluding carboxylic acids is 4. The van der Waals surface area contributed by atoms with Crippen LogP contribution >= 0.6 is 39.1 Å². The van der Waals surface area contributed by atoms with E-state index < -0.39 is 62.7 Å². The fourth-order valence-corrected chi connectivity index (χ4v) is 8.29. The van der Waals surface area contributed by atoms with Gasteiger partial charge < -0.3 is 5.11 Å². The highest BCUT2D eigenvalue weighted by Crippen LogP contribution is 2.66. The lowest BCUT2D eigenvalue weighted by molar-refractivity contribution is -0.138. The van der Waals surface area contributed by atoms with Crippen molar-refractivity contribution in [3.63, 3.8) is 0 Å². The molecule has 6 rings (SSSR count). The van der Waals surface area contributed by atoms with E-state index in [1.165, 1.54) is 12.1 Å². The van der Waals surface area contributed by atoms with Crippen molar-refractivity contribution in [2.75, 3.05) is 10.4 Å². The summed E-state index contributed by atoms with van der Waals surface area (Å²) in [4.78, 5) is 52.8.